The number of ether oxygens (including phenoxy) is 1. The Morgan fingerprint density at radius 3 is 2.31 bits per heavy atom. The summed E-state index contributed by atoms with van der Waals surface area (Å²) < 4.78 is 5.34. The van der Waals surface area contributed by atoms with Crippen LogP contribution in [0.4, 0.5) is 5.69 Å². The molecule has 0 saturated heterocycles. The van der Waals surface area contributed by atoms with Crippen LogP contribution in [0, 0.1) is 23.2 Å². The number of hydrogen-bond acceptors (Lipinski definition) is 3. The number of esters is 1. The molecule has 4 heteroatoms. The van der Waals surface area contributed by atoms with Gasteiger partial charge in [-0.2, -0.15) is 0 Å². The Hall–Kier alpha value is -1.84. The minimum Gasteiger partial charge on any atom is -0.456 e. The van der Waals surface area contributed by atoms with Crippen molar-refractivity contribution < 1.29 is 14.3 Å². The molecule has 1 amide bonds. The van der Waals surface area contributed by atoms with Gasteiger partial charge in [-0.3, -0.25) is 9.59 Å². The third-order valence-corrected chi connectivity index (χ3v) is 6.72. The minimum absolute atomic E-state index is 0.164. The minimum atomic E-state index is -0.259. The Labute approximate surface area is 155 Å². The highest BCUT2D eigenvalue weighted by Gasteiger charge is 2.51. The van der Waals surface area contributed by atoms with Crippen molar-refractivity contribution in [3.63, 3.8) is 0 Å². The molecule has 0 radical (unpaired) electrons. The Kier molecular flexibility index (Phi) is 4.76. The summed E-state index contributed by atoms with van der Waals surface area (Å²) in [6.07, 6.45) is 9.00. The van der Waals surface area contributed by atoms with Crippen LogP contribution in [0.3, 0.4) is 0 Å². The van der Waals surface area contributed by atoms with E-state index in [1.807, 2.05) is 24.3 Å². The number of benzene rings is 1. The van der Waals surface area contributed by atoms with Gasteiger partial charge in [-0.15, -0.1) is 0 Å². The summed E-state index contributed by atoms with van der Waals surface area (Å²) >= 11 is 0. The summed E-state index contributed by atoms with van der Waals surface area (Å²) in [6.45, 7) is 1.86. The first-order chi connectivity index (χ1) is 12.5. The van der Waals surface area contributed by atoms with Gasteiger partial charge in [0.05, 0.1) is 6.42 Å². The lowest BCUT2D eigenvalue weighted by Crippen LogP contribution is -2.47. The summed E-state index contributed by atoms with van der Waals surface area (Å²) in [4.78, 5) is 24.6. The van der Waals surface area contributed by atoms with Crippen LogP contribution in [0.15, 0.2) is 24.3 Å². The fraction of sp³-hybridized carbons (Fsp3) is 0.636. The third kappa shape index (κ3) is 3.65. The molecule has 140 valence electrons. The van der Waals surface area contributed by atoms with Crippen molar-refractivity contribution in [1.82, 2.24) is 0 Å². The van der Waals surface area contributed by atoms with Crippen LogP contribution in [0.25, 0.3) is 0 Å². The molecule has 4 nitrogen and oxygen atoms in total. The van der Waals surface area contributed by atoms with Gasteiger partial charge in [-0.1, -0.05) is 25.1 Å². The first-order valence-corrected chi connectivity index (χ1v) is 10.1. The molecular weight excluding hydrogens is 326 g/mol. The zero-order valence-electron chi connectivity index (χ0n) is 15.6. The summed E-state index contributed by atoms with van der Waals surface area (Å²) in [6, 6.07) is 7.73. The summed E-state index contributed by atoms with van der Waals surface area (Å²) in [5.74, 6) is 2.00. The van der Waals surface area contributed by atoms with Crippen LogP contribution in [-0.2, 0) is 20.7 Å². The summed E-state index contributed by atoms with van der Waals surface area (Å²) in [5, 5.41) is 2.86. The lowest BCUT2D eigenvalue weighted by molar-refractivity contribution is -0.154. The fourth-order valence-electron chi connectivity index (χ4n) is 6.15. The molecule has 4 aliphatic rings. The summed E-state index contributed by atoms with van der Waals surface area (Å²) in [5.41, 5.74) is 2.05. The maximum Gasteiger partial charge on any atom is 0.306 e. The van der Waals surface area contributed by atoms with E-state index < -0.39 is 0 Å². The van der Waals surface area contributed by atoms with Gasteiger partial charge in [-0.25, -0.2) is 0 Å². The number of para-hydroxylation sites is 1. The predicted octanol–water partition coefficient (Wildman–Crippen LogP) is 4.34. The molecule has 0 aliphatic heterocycles. The van der Waals surface area contributed by atoms with Crippen molar-refractivity contribution in [3.05, 3.63) is 29.8 Å². The second-order valence-electron chi connectivity index (χ2n) is 8.81. The highest BCUT2D eigenvalue weighted by Crippen LogP contribution is 2.61. The van der Waals surface area contributed by atoms with Crippen molar-refractivity contribution in [2.75, 3.05) is 11.9 Å². The number of aryl methyl sites for hydroxylation is 1. The zero-order chi connectivity index (χ0) is 18.1. The average molecular weight is 355 g/mol. The molecule has 0 unspecified atom stereocenters. The summed E-state index contributed by atoms with van der Waals surface area (Å²) in [7, 11) is 0. The van der Waals surface area contributed by atoms with E-state index in [1.54, 1.807) is 0 Å². The lowest BCUT2D eigenvalue weighted by atomic mass is 9.49. The van der Waals surface area contributed by atoms with Gasteiger partial charge in [0.2, 0.25) is 0 Å². The van der Waals surface area contributed by atoms with Gasteiger partial charge in [0.25, 0.3) is 5.91 Å². The molecule has 4 aliphatic carbocycles. The number of anilines is 1. The average Bonchev–Trinajstić information content (AvgIpc) is 2.59. The van der Waals surface area contributed by atoms with E-state index in [0.29, 0.717) is 6.42 Å². The largest absolute Gasteiger partial charge is 0.456 e. The topological polar surface area (TPSA) is 55.4 Å². The van der Waals surface area contributed by atoms with Gasteiger partial charge in [0, 0.05) is 5.69 Å². The molecule has 1 aromatic rings. The SMILES string of the molecule is CCc1ccccc1NC(=O)COC(=O)CC12CC3CC(CC(C3)C1)C2. The Balaban J connectivity index is 1.28. The molecule has 0 heterocycles. The maximum atomic E-state index is 12.4. The van der Waals surface area contributed by atoms with E-state index in [0.717, 1.165) is 35.4 Å². The second-order valence-corrected chi connectivity index (χ2v) is 8.81. The van der Waals surface area contributed by atoms with E-state index >= 15 is 0 Å². The number of nitrogens with one attached hydrogen (secondary N) is 1. The van der Waals surface area contributed by atoms with E-state index in [4.69, 9.17) is 4.74 Å². The molecule has 5 rings (SSSR count). The van der Waals surface area contributed by atoms with Gasteiger partial charge in [0.15, 0.2) is 6.61 Å². The second kappa shape index (κ2) is 7.05. The number of carbonyl (C=O) groups is 2. The molecule has 1 N–H and O–H groups in total. The molecule has 26 heavy (non-hydrogen) atoms. The molecule has 4 bridgehead atoms. The lowest BCUT2D eigenvalue weighted by Gasteiger charge is -2.56. The molecule has 0 spiro atoms. The Bertz CT molecular complexity index is 661. The van der Waals surface area contributed by atoms with Crippen molar-refractivity contribution in [2.45, 2.75) is 58.3 Å². The molecule has 1 aromatic carbocycles. The van der Waals surface area contributed by atoms with E-state index in [2.05, 4.69) is 12.2 Å². The van der Waals surface area contributed by atoms with Crippen molar-refractivity contribution in [1.29, 1.82) is 0 Å². The molecular formula is C22H29NO3. The van der Waals surface area contributed by atoms with Gasteiger partial charge < -0.3 is 10.1 Å². The fourth-order valence-corrected chi connectivity index (χ4v) is 6.15. The predicted molar refractivity (Wildman–Crippen MR) is 101 cm³/mol. The van der Waals surface area contributed by atoms with Crippen LogP contribution >= 0.6 is 0 Å². The monoisotopic (exact) mass is 355 g/mol. The van der Waals surface area contributed by atoms with E-state index in [1.165, 1.54) is 38.5 Å². The highest BCUT2D eigenvalue weighted by atomic mass is 16.5. The van der Waals surface area contributed by atoms with Gasteiger partial charge in [0.1, 0.15) is 0 Å². The molecule has 4 saturated carbocycles. The van der Waals surface area contributed by atoms with Gasteiger partial charge in [-0.05, 0) is 79.7 Å². The zero-order valence-corrected chi connectivity index (χ0v) is 15.6. The van der Waals surface area contributed by atoms with E-state index in [9.17, 15) is 9.59 Å². The third-order valence-electron chi connectivity index (χ3n) is 6.72. The number of carbonyl (C=O) groups excluding carboxylic acids is 2. The quantitative estimate of drug-likeness (QED) is 0.773. The number of rotatable bonds is 6. The van der Waals surface area contributed by atoms with Crippen LogP contribution in [0.1, 0.15) is 57.4 Å². The standard InChI is InChI=1S/C22H29NO3/c1-2-18-5-3-4-6-19(18)23-20(24)14-26-21(25)13-22-10-15-7-16(11-22)9-17(8-15)12-22/h3-6,15-17H,2,7-14H2,1H3,(H,23,24). The molecule has 0 aromatic heterocycles. The Morgan fingerprint density at radius 1 is 1.08 bits per heavy atom. The van der Waals surface area contributed by atoms with Crippen LogP contribution in [0.2, 0.25) is 0 Å². The maximum absolute atomic E-state index is 12.4. The van der Waals surface area contributed by atoms with Gasteiger partial charge >= 0.3 is 5.97 Å². The van der Waals surface area contributed by atoms with Crippen molar-refractivity contribution >= 4 is 17.6 Å². The van der Waals surface area contributed by atoms with Crippen molar-refractivity contribution in [2.24, 2.45) is 23.2 Å². The number of hydrogen-bond donors (Lipinski definition) is 1. The van der Waals surface area contributed by atoms with Crippen LogP contribution in [0.5, 0.6) is 0 Å². The molecule has 4 fully saturated rings. The normalized spacial score (nSPS) is 31.7. The first kappa shape index (κ1) is 17.6. The highest BCUT2D eigenvalue weighted by molar-refractivity contribution is 5.93. The van der Waals surface area contributed by atoms with Crippen molar-refractivity contribution in [3.8, 4) is 0 Å². The van der Waals surface area contributed by atoms with Crippen LogP contribution in [-0.4, -0.2) is 18.5 Å². The first-order valence-electron chi connectivity index (χ1n) is 10.1. The van der Waals surface area contributed by atoms with Crippen LogP contribution < -0.4 is 5.32 Å². The smallest absolute Gasteiger partial charge is 0.306 e. The molecule has 0 atom stereocenters. The number of amides is 1. The van der Waals surface area contributed by atoms with E-state index in [-0.39, 0.29) is 23.9 Å². The Morgan fingerprint density at radius 2 is 1.69 bits per heavy atom.